The van der Waals surface area contributed by atoms with Crippen molar-refractivity contribution in [2.75, 3.05) is 0 Å². The Labute approximate surface area is 96.6 Å². The van der Waals surface area contributed by atoms with Crippen LogP contribution >= 0.6 is 9.69 Å². The van der Waals surface area contributed by atoms with E-state index in [9.17, 15) is 0 Å². The van der Waals surface area contributed by atoms with E-state index >= 15 is 0 Å². The first kappa shape index (κ1) is 18.9. The zero-order chi connectivity index (χ0) is 9.98. The first-order valence-corrected chi connectivity index (χ1v) is 6.05. The number of hydrogen-bond donors (Lipinski definition) is 0. The monoisotopic (exact) mass is 292 g/mol. The first-order valence-electron chi connectivity index (χ1n) is 3.81. The molecule has 0 saturated carbocycles. The Balaban J connectivity index is -0.000000309. The predicted molar refractivity (Wildman–Crippen MR) is 59.5 cm³/mol. The average Bonchev–Trinajstić information content (AvgIpc) is 2.02. The van der Waals surface area contributed by atoms with E-state index in [1.165, 1.54) is 0 Å². The summed E-state index contributed by atoms with van der Waals surface area (Å²) in [4.78, 5) is 8.24. The summed E-state index contributed by atoms with van der Waals surface area (Å²) in [7, 11) is 4.57. The zero-order valence-corrected chi connectivity index (χ0v) is 11.4. The van der Waals surface area contributed by atoms with Crippen molar-refractivity contribution in [1.29, 1.82) is 0 Å². The van der Waals surface area contributed by atoms with Gasteiger partial charge in [-0.05, 0) is 27.7 Å². The van der Waals surface area contributed by atoms with Gasteiger partial charge in [-0.25, -0.2) is 0 Å². The van der Waals surface area contributed by atoms with E-state index < -0.39 is 0 Å². The van der Waals surface area contributed by atoms with Crippen LogP contribution in [0.5, 0.6) is 0 Å². The topological polar surface area (TPSA) is 24.7 Å². The molecule has 0 aliphatic heterocycles. The molecule has 0 aromatic rings. The van der Waals surface area contributed by atoms with E-state index in [0.29, 0.717) is 12.1 Å². The third kappa shape index (κ3) is 24.5. The molecule has 0 saturated heterocycles. The molecule has 0 aliphatic carbocycles. The molecular weight excluding hydrogens is 273 g/mol. The molecule has 0 heterocycles. The van der Waals surface area contributed by atoms with E-state index in [1.807, 2.05) is 45.0 Å². The molecule has 0 fully saturated rings. The predicted octanol–water partition coefficient (Wildman–Crippen LogP) is 3.08. The molecule has 0 unspecified atom stereocenters. The minimum absolute atomic E-state index is 0. The van der Waals surface area contributed by atoms with Gasteiger partial charge in [0.1, 0.15) is 0 Å². The van der Waals surface area contributed by atoms with Crippen molar-refractivity contribution in [2.24, 2.45) is 9.98 Å². The van der Waals surface area contributed by atoms with Crippen molar-refractivity contribution in [3.63, 3.8) is 0 Å². The molecule has 0 aromatic heterocycles. The SMILES string of the molecule is CC(C)N=CC=NC(C)C.[CH3-].[Cl][Ru+]. The van der Waals surface area contributed by atoms with Crippen molar-refractivity contribution in [3.05, 3.63) is 7.43 Å². The molecule has 0 bridgehead atoms. The molecular formula is C9H19ClN2Ru. The third-order valence-electron chi connectivity index (χ3n) is 0.835. The van der Waals surface area contributed by atoms with Crippen LogP contribution < -0.4 is 0 Å². The minimum atomic E-state index is 0. The normalized spacial score (nSPS) is 10.5. The van der Waals surface area contributed by atoms with Crippen molar-refractivity contribution in [3.8, 4) is 0 Å². The van der Waals surface area contributed by atoms with E-state index in [4.69, 9.17) is 0 Å². The summed E-state index contributed by atoms with van der Waals surface area (Å²) in [6.07, 6.45) is 3.51. The first-order chi connectivity index (χ1) is 5.63. The number of hydrogen-bond acceptors (Lipinski definition) is 2. The molecule has 0 radical (unpaired) electrons. The van der Waals surface area contributed by atoms with Gasteiger partial charge in [-0.1, -0.05) is 0 Å². The van der Waals surface area contributed by atoms with Crippen molar-refractivity contribution < 1.29 is 17.3 Å². The van der Waals surface area contributed by atoms with Gasteiger partial charge >= 0.3 is 27.0 Å². The van der Waals surface area contributed by atoms with Crippen LogP contribution in [0, 0.1) is 7.43 Å². The van der Waals surface area contributed by atoms with E-state index in [1.54, 1.807) is 12.4 Å². The summed E-state index contributed by atoms with van der Waals surface area (Å²) in [6, 6.07) is 0.747. The van der Waals surface area contributed by atoms with Crippen LogP contribution in [0.1, 0.15) is 27.7 Å². The quantitative estimate of drug-likeness (QED) is 0.434. The number of rotatable bonds is 3. The van der Waals surface area contributed by atoms with Gasteiger partial charge < -0.3 is 7.43 Å². The Hall–Kier alpha value is 0.253. The number of halogens is 1. The third-order valence-corrected chi connectivity index (χ3v) is 0.835. The second-order valence-electron chi connectivity index (χ2n) is 2.78. The second kappa shape index (κ2) is 14.8. The zero-order valence-electron chi connectivity index (χ0n) is 8.94. The van der Waals surface area contributed by atoms with Gasteiger partial charge in [-0.15, -0.1) is 0 Å². The second-order valence-corrected chi connectivity index (χ2v) is 2.78. The molecule has 0 spiro atoms. The molecule has 0 atom stereocenters. The fraction of sp³-hybridized carbons (Fsp3) is 0.667. The van der Waals surface area contributed by atoms with E-state index in [-0.39, 0.29) is 7.43 Å². The maximum atomic E-state index is 4.57. The molecule has 0 aromatic carbocycles. The van der Waals surface area contributed by atoms with Gasteiger partial charge in [0.05, 0.1) is 0 Å². The molecule has 0 amide bonds. The van der Waals surface area contributed by atoms with Gasteiger partial charge in [0.15, 0.2) is 0 Å². The Bertz CT molecular complexity index is 118. The van der Waals surface area contributed by atoms with Crippen LogP contribution in [-0.2, 0) is 17.3 Å². The van der Waals surface area contributed by atoms with Crippen LogP contribution in [0.4, 0.5) is 0 Å². The van der Waals surface area contributed by atoms with Crippen molar-refractivity contribution in [1.82, 2.24) is 0 Å². The summed E-state index contributed by atoms with van der Waals surface area (Å²) in [5, 5.41) is 0. The summed E-state index contributed by atoms with van der Waals surface area (Å²) >= 11 is 1.82. The Morgan fingerprint density at radius 1 is 0.923 bits per heavy atom. The number of aliphatic imine (C=N–C) groups is 2. The average molecular weight is 292 g/mol. The molecule has 4 heteroatoms. The van der Waals surface area contributed by atoms with Crippen LogP contribution in [0.2, 0.25) is 0 Å². The maximum absolute atomic E-state index is 4.57. The molecule has 13 heavy (non-hydrogen) atoms. The summed E-state index contributed by atoms with van der Waals surface area (Å²) in [5.41, 5.74) is 0. The molecule has 2 nitrogen and oxygen atoms in total. The van der Waals surface area contributed by atoms with Crippen molar-refractivity contribution in [2.45, 2.75) is 39.8 Å². The number of nitrogens with zero attached hydrogens (tertiary/aromatic N) is 2. The molecule has 0 aliphatic rings. The molecule has 80 valence electrons. The van der Waals surface area contributed by atoms with Crippen LogP contribution in [-0.4, -0.2) is 24.5 Å². The van der Waals surface area contributed by atoms with Crippen LogP contribution in [0.25, 0.3) is 0 Å². The van der Waals surface area contributed by atoms with Gasteiger partial charge in [0.2, 0.25) is 0 Å². The Morgan fingerprint density at radius 2 is 1.15 bits per heavy atom. The molecule has 0 rings (SSSR count). The van der Waals surface area contributed by atoms with Crippen LogP contribution in [0.3, 0.4) is 0 Å². The fourth-order valence-corrected chi connectivity index (χ4v) is 0.421. The summed E-state index contributed by atoms with van der Waals surface area (Å²) in [6.45, 7) is 8.17. The fourth-order valence-electron chi connectivity index (χ4n) is 0.421. The van der Waals surface area contributed by atoms with Crippen molar-refractivity contribution >= 4 is 22.1 Å². The van der Waals surface area contributed by atoms with Gasteiger partial charge in [-0.2, -0.15) is 0 Å². The Morgan fingerprint density at radius 3 is 1.31 bits per heavy atom. The van der Waals surface area contributed by atoms with Crippen LogP contribution in [0.15, 0.2) is 9.98 Å². The summed E-state index contributed by atoms with van der Waals surface area (Å²) < 4.78 is 0. The van der Waals surface area contributed by atoms with E-state index in [2.05, 4.69) is 19.7 Å². The van der Waals surface area contributed by atoms with Gasteiger partial charge in [0, 0.05) is 24.5 Å². The standard InChI is InChI=1S/C8H16N2.CH3.ClH.Ru/c1-7(2)9-5-6-10-8(3)4;;;/h5-8H,1-4H3;1H3;1H;/q;-1;;+2/p-1. The van der Waals surface area contributed by atoms with E-state index in [0.717, 1.165) is 0 Å². The summed E-state index contributed by atoms with van der Waals surface area (Å²) in [5.74, 6) is 0. The van der Waals surface area contributed by atoms with Gasteiger partial charge in [-0.3, -0.25) is 9.98 Å². The Kier molecular flexibility index (Phi) is 21.5. The van der Waals surface area contributed by atoms with Gasteiger partial charge in [0.25, 0.3) is 0 Å². The molecule has 0 N–H and O–H groups in total.